The van der Waals surface area contributed by atoms with E-state index in [0.29, 0.717) is 15.6 Å². The van der Waals surface area contributed by atoms with Crippen molar-refractivity contribution in [1.29, 1.82) is 0 Å². The van der Waals surface area contributed by atoms with E-state index in [4.69, 9.17) is 0 Å². The Morgan fingerprint density at radius 2 is 2.05 bits per heavy atom. The fraction of sp³-hybridized carbons (Fsp3) is 0.133. The van der Waals surface area contributed by atoms with Crippen LogP contribution in [0.4, 0.5) is 4.39 Å². The number of aromatic nitrogens is 2. The summed E-state index contributed by atoms with van der Waals surface area (Å²) in [6.07, 6.45) is -0.672. The van der Waals surface area contributed by atoms with Crippen molar-refractivity contribution < 1.29 is 9.50 Å². The third kappa shape index (κ3) is 2.55. The highest BCUT2D eigenvalue weighted by molar-refractivity contribution is 7.99. The van der Waals surface area contributed by atoms with E-state index in [1.165, 1.54) is 17.8 Å². The van der Waals surface area contributed by atoms with Crippen LogP contribution in [0, 0.1) is 5.82 Å². The molecule has 3 rings (SSSR count). The van der Waals surface area contributed by atoms with Gasteiger partial charge in [-0.3, -0.25) is 0 Å². The number of fused-ring (bicyclic) bond motifs is 1. The van der Waals surface area contributed by atoms with Crippen LogP contribution in [0.5, 0.6) is 0 Å². The van der Waals surface area contributed by atoms with Gasteiger partial charge in [0.1, 0.15) is 5.82 Å². The minimum atomic E-state index is -0.672. The van der Waals surface area contributed by atoms with Gasteiger partial charge in [0, 0.05) is 0 Å². The number of imidazole rings is 1. The van der Waals surface area contributed by atoms with E-state index < -0.39 is 6.10 Å². The Morgan fingerprint density at radius 1 is 1.25 bits per heavy atom. The summed E-state index contributed by atoms with van der Waals surface area (Å²) in [6, 6.07) is 12.4. The fourth-order valence-corrected chi connectivity index (χ4v) is 2.75. The lowest BCUT2D eigenvalue weighted by Crippen LogP contribution is -1.93. The van der Waals surface area contributed by atoms with E-state index in [-0.39, 0.29) is 5.82 Å². The van der Waals surface area contributed by atoms with Gasteiger partial charge >= 0.3 is 0 Å². The molecule has 102 valence electrons. The lowest BCUT2D eigenvalue weighted by Gasteiger charge is -2.06. The van der Waals surface area contributed by atoms with Crippen LogP contribution in [0.3, 0.4) is 0 Å². The van der Waals surface area contributed by atoms with Gasteiger partial charge in [0.05, 0.1) is 22.0 Å². The molecule has 3 nitrogen and oxygen atoms in total. The van der Waals surface area contributed by atoms with Crippen molar-refractivity contribution >= 4 is 22.8 Å². The van der Waals surface area contributed by atoms with Gasteiger partial charge in [0.25, 0.3) is 0 Å². The van der Waals surface area contributed by atoms with Gasteiger partial charge in [-0.1, -0.05) is 18.2 Å². The Kier molecular flexibility index (Phi) is 3.46. The second-order valence-electron chi connectivity index (χ2n) is 4.53. The summed E-state index contributed by atoms with van der Waals surface area (Å²) in [6.45, 7) is 1.61. The molecule has 3 aromatic rings. The molecule has 0 radical (unpaired) electrons. The first-order valence-electron chi connectivity index (χ1n) is 6.23. The number of aliphatic hydroxyl groups is 1. The highest BCUT2D eigenvalue weighted by Gasteiger charge is 2.10. The Bertz CT molecular complexity index is 721. The zero-order valence-corrected chi connectivity index (χ0v) is 11.6. The molecule has 0 bridgehead atoms. The van der Waals surface area contributed by atoms with Crippen molar-refractivity contribution in [2.45, 2.75) is 23.1 Å². The predicted octanol–water partition coefficient (Wildman–Crippen LogP) is 3.91. The maximum Gasteiger partial charge on any atom is 0.171 e. The molecule has 1 atom stereocenters. The quantitative estimate of drug-likeness (QED) is 0.768. The molecule has 0 amide bonds. The number of rotatable bonds is 3. The van der Waals surface area contributed by atoms with Crippen molar-refractivity contribution in [3.05, 3.63) is 53.8 Å². The summed E-state index contributed by atoms with van der Waals surface area (Å²) in [5, 5.41) is 10.1. The van der Waals surface area contributed by atoms with E-state index in [2.05, 4.69) is 9.97 Å². The largest absolute Gasteiger partial charge is 0.389 e. The summed E-state index contributed by atoms with van der Waals surface area (Å²) in [5.41, 5.74) is 2.35. The molecule has 0 aliphatic rings. The summed E-state index contributed by atoms with van der Waals surface area (Å²) in [7, 11) is 0. The first kappa shape index (κ1) is 13.1. The van der Waals surface area contributed by atoms with Gasteiger partial charge in [-0.15, -0.1) is 0 Å². The number of benzene rings is 2. The van der Waals surface area contributed by atoms with Gasteiger partial charge in [0.15, 0.2) is 5.16 Å². The van der Waals surface area contributed by atoms with Crippen LogP contribution in [0.25, 0.3) is 11.0 Å². The smallest absolute Gasteiger partial charge is 0.171 e. The molecular formula is C15H13FN2OS. The van der Waals surface area contributed by atoms with E-state index >= 15 is 0 Å². The topological polar surface area (TPSA) is 48.9 Å². The maximum absolute atomic E-state index is 14.0. The normalized spacial score (nSPS) is 12.8. The van der Waals surface area contributed by atoms with Crippen molar-refractivity contribution in [2.24, 2.45) is 0 Å². The van der Waals surface area contributed by atoms with E-state index in [9.17, 15) is 9.50 Å². The molecule has 0 spiro atoms. The number of aliphatic hydroxyl groups excluding tert-OH is 1. The Morgan fingerprint density at radius 3 is 2.75 bits per heavy atom. The molecule has 0 fully saturated rings. The monoisotopic (exact) mass is 288 g/mol. The number of para-hydroxylation sites is 2. The van der Waals surface area contributed by atoms with Gasteiger partial charge in [-0.25, -0.2) is 9.37 Å². The van der Waals surface area contributed by atoms with E-state index in [0.717, 1.165) is 11.0 Å². The molecule has 0 saturated carbocycles. The van der Waals surface area contributed by atoms with Crippen molar-refractivity contribution in [3.8, 4) is 0 Å². The standard InChI is InChI=1S/C15H13FN2OS/c1-9(19)10-6-7-14(11(16)8-10)20-15-17-12-4-2-3-5-13(12)18-15/h2-9,19H,1H3,(H,17,18)/t9-/m1/s1. The number of nitrogens with zero attached hydrogens (tertiary/aromatic N) is 1. The van der Waals surface area contributed by atoms with Crippen molar-refractivity contribution in [3.63, 3.8) is 0 Å². The van der Waals surface area contributed by atoms with E-state index in [1.54, 1.807) is 19.1 Å². The lowest BCUT2D eigenvalue weighted by atomic mass is 10.1. The summed E-state index contributed by atoms with van der Waals surface area (Å²) >= 11 is 1.24. The lowest BCUT2D eigenvalue weighted by molar-refractivity contribution is 0.198. The minimum absolute atomic E-state index is 0.353. The number of hydrogen-bond acceptors (Lipinski definition) is 3. The molecule has 0 saturated heterocycles. The van der Waals surface area contributed by atoms with Crippen LogP contribution in [-0.4, -0.2) is 15.1 Å². The number of halogens is 1. The summed E-state index contributed by atoms with van der Waals surface area (Å²) in [5.74, 6) is -0.353. The highest BCUT2D eigenvalue weighted by atomic mass is 32.2. The maximum atomic E-state index is 14.0. The minimum Gasteiger partial charge on any atom is -0.389 e. The average molecular weight is 288 g/mol. The van der Waals surface area contributed by atoms with Gasteiger partial charge in [-0.05, 0) is 48.5 Å². The molecule has 0 unspecified atom stereocenters. The molecule has 5 heteroatoms. The third-order valence-electron chi connectivity index (χ3n) is 3.01. The van der Waals surface area contributed by atoms with Crippen LogP contribution in [0.1, 0.15) is 18.6 Å². The molecule has 2 N–H and O–H groups in total. The molecular weight excluding hydrogens is 275 g/mol. The predicted molar refractivity (Wildman–Crippen MR) is 77.3 cm³/mol. The van der Waals surface area contributed by atoms with E-state index in [1.807, 2.05) is 24.3 Å². The molecule has 1 aromatic heterocycles. The summed E-state index contributed by atoms with van der Waals surface area (Å²) in [4.78, 5) is 8.02. The number of H-pyrrole nitrogens is 1. The molecule has 1 heterocycles. The number of hydrogen-bond donors (Lipinski definition) is 2. The van der Waals surface area contributed by atoms with Crippen molar-refractivity contribution in [1.82, 2.24) is 9.97 Å². The van der Waals surface area contributed by atoms with Gasteiger partial charge < -0.3 is 10.1 Å². The van der Waals surface area contributed by atoms with Crippen LogP contribution in [0.15, 0.2) is 52.5 Å². The zero-order valence-electron chi connectivity index (χ0n) is 10.8. The fourth-order valence-electron chi connectivity index (χ4n) is 1.94. The molecule has 0 aliphatic carbocycles. The van der Waals surface area contributed by atoms with Crippen LogP contribution in [0.2, 0.25) is 0 Å². The number of nitrogens with one attached hydrogen (secondary N) is 1. The average Bonchev–Trinajstić information content (AvgIpc) is 2.83. The summed E-state index contributed by atoms with van der Waals surface area (Å²) < 4.78 is 14.0. The third-order valence-corrected chi connectivity index (χ3v) is 3.95. The van der Waals surface area contributed by atoms with Gasteiger partial charge in [-0.2, -0.15) is 0 Å². The highest BCUT2D eigenvalue weighted by Crippen LogP contribution is 2.30. The Hall–Kier alpha value is -1.85. The van der Waals surface area contributed by atoms with Gasteiger partial charge in [0.2, 0.25) is 0 Å². The number of aromatic amines is 1. The SMILES string of the molecule is C[C@@H](O)c1ccc(Sc2nc3ccccc3[nH]2)c(F)c1. The Balaban J connectivity index is 1.90. The Labute approximate surface area is 119 Å². The van der Waals surface area contributed by atoms with Crippen molar-refractivity contribution in [2.75, 3.05) is 0 Å². The zero-order chi connectivity index (χ0) is 14.1. The first-order valence-corrected chi connectivity index (χ1v) is 7.05. The van der Waals surface area contributed by atoms with Crippen LogP contribution >= 0.6 is 11.8 Å². The van der Waals surface area contributed by atoms with Crippen LogP contribution < -0.4 is 0 Å². The second kappa shape index (κ2) is 5.26. The molecule has 0 aliphatic heterocycles. The first-order chi connectivity index (χ1) is 9.63. The second-order valence-corrected chi connectivity index (χ2v) is 5.56. The molecule has 2 aromatic carbocycles. The van der Waals surface area contributed by atoms with Crippen LogP contribution in [-0.2, 0) is 0 Å². The molecule has 20 heavy (non-hydrogen) atoms.